The van der Waals surface area contributed by atoms with E-state index in [1.54, 1.807) is 12.1 Å². The predicted octanol–water partition coefficient (Wildman–Crippen LogP) is 1.79. The molecule has 10 nitrogen and oxygen atoms in total. The fraction of sp³-hybridized carbons (Fsp3) is 0.400. The SMILES string of the molecule is [C-]#[N+]c1c(N2CCC(NC(=O)[C@@H](N)CO)CC2)nc(SC(C(N)=O)c2ccccc2)c(C#N)c1CC. The summed E-state index contributed by atoms with van der Waals surface area (Å²) in [6.07, 6.45) is 1.64. The van der Waals surface area contributed by atoms with Crippen molar-refractivity contribution in [3.63, 3.8) is 0 Å². The van der Waals surface area contributed by atoms with Crippen LogP contribution in [0.3, 0.4) is 0 Å². The molecule has 1 aliphatic heterocycles. The molecule has 3 rings (SSSR count). The summed E-state index contributed by atoms with van der Waals surface area (Å²) in [5.74, 6) is -0.500. The topological polar surface area (TPSA) is 163 Å². The summed E-state index contributed by atoms with van der Waals surface area (Å²) in [7, 11) is 0. The fourth-order valence-electron chi connectivity index (χ4n) is 4.13. The number of benzene rings is 1. The number of carbonyl (C=O) groups is 2. The largest absolute Gasteiger partial charge is 0.394 e. The molecule has 0 radical (unpaired) electrons. The minimum atomic E-state index is -0.966. The number of hydrogen-bond acceptors (Lipinski definition) is 8. The number of anilines is 1. The summed E-state index contributed by atoms with van der Waals surface area (Å²) in [6, 6.07) is 10.2. The van der Waals surface area contributed by atoms with E-state index in [0.717, 1.165) is 11.8 Å². The summed E-state index contributed by atoms with van der Waals surface area (Å²) in [5.41, 5.74) is 13.2. The van der Waals surface area contributed by atoms with Crippen molar-refractivity contribution in [2.75, 3.05) is 24.6 Å². The standard InChI is InChI=1S/C25H29N7O3S/c1-3-17-18(13-26)25(36-21(22(28)34)15-7-5-4-6-8-15)31-23(20(17)29-2)32-11-9-16(10-12-32)30-24(35)19(27)14-33/h4-8,16,19,21,33H,3,9-12,14,27H2,1H3,(H2,28,34)(H,30,35)/t19-,21?/m0/s1. The van der Waals surface area contributed by atoms with Gasteiger partial charge < -0.3 is 26.8 Å². The average Bonchev–Trinajstić information content (AvgIpc) is 2.90. The van der Waals surface area contributed by atoms with Gasteiger partial charge in [0.25, 0.3) is 0 Å². The van der Waals surface area contributed by atoms with Crippen LogP contribution in [0.5, 0.6) is 0 Å². The Bertz CT molecular complexity index is 1180. The van der Waals surface area contributed by atoms with Crippen molar-refractivity contribution in [3.8, 4) is 6.07 Å². The molecule has 1 saturated heterocycles. The van der Waals surface area contributed by atoms with Crippen LogP contribution < -0.4 is 21.7 Å². The molecule has 2 heterocycles. The van der Waals surface area contributed by atoms with Gasteiger partial charge in [-0.05, 0) is 30.4 Å². The Morgan fingerprint density at radius 2 is 2.03 bits per heavy atom. The summed E-state index contributed by atoms with van der Waals surface area (Å²) >= 11 is 1.11. The van der Waals surface area contributed by atoms with Gasteiger partial charge in [0, 0.05) is 19.1 Å². The highest BCUT2D eigenvalue weighted by molar-refractivity contribution is 8.00. The molecule has 1 aliphatic rings. The van der Waals surface area contributed by atoms with Crippen molar-refractivity contribution in [2.24, 2.45) is 11.5 Å². The van der Waals surface area contributed by atoms with Crippen LogP contribution in [0.1, 0.15) is 41.7 Å². The molecule has 11 heteroatoms. The molecule has 2 amide bonds. The molecule has 36 heavy (non-hydrogen) atoms. The number of aliphatic hydroxyl groups is 1. The van der Waals surface area contributed by atoms with Crippen molar-refractivity contribution >= 4 is 35.1 Å². The maximum Gasteiger partial charge on any atom is 0.239 e. The number of piperidine rings is 1. The van der Waals surface area contributed by atoms with Gasteiger partial charge in [0.05, 0.1) is 18.7 Å². The van der Waals surface area contributed by atoms with E-state index in [1.807, 2.05) is 30.0 Å². The normalized spacial score (nSPS) is 15.4. The smallest absolute Gasteiger partial charge is 0.239 e. The number of rotatable bonds is 9. The van der Waals surface area contributed by atoms with Gasteiger partial charge in [-0.25, -0.2) is 9.83 Å². The van der Waals surface area contributed by atoms with Gasteiger partial charge in [0.1, 0.15) is 28.2 Å². The number of amides is 2. The number of nitrogens with one attached hydrogen (secondary N) is 1. The fourth-order valence-corrected chi connectivity index (χ4v) is 5.19. The lowest BCUT2D eigenvalue weighted by atomic mass is 10.0. The molecule has 6 N–H and O–H groups in total. The number of aromatic nitrogens is 1. The Morgan fingerprint density at radius 1 is 1.36 bits per heavy atom. The molecule has 2 aromatic rings. The lowest BCUT2D eigenvalue weighted by Gasteiger charge is -2.35. The minimum Gasteiger partial charge on any atom is -0.394 e. The van der Waals surface area contributed by atoms with E-state index in [1.165, 1.54) is 0 Å². The molecule has 1 aromatic heterocycles. The second-order valence-corrected chi connectivity index (χ2v) is 9.48. The number of nitrogens with two attached hydrogens (primary N) is 2. The highest BCUT2D eigenvalue weighted by Crippen LogP contribution is 2.43. The van der Waals surface area contributed by atoms with Gasteiger partial charge in [-0.1, -0.05) is 49.0 Å². The Hall–Kier alpha value is -3.64. The van der Waals surface area contributed by atoms with Crippen LogP contribution in [-0.2, 0) is 16.0 Å². The zero-order valence-electron chi connectivity index (χ0n) is 20.0. The third-order valence-electron chi connectivity index (χ3n) is 6.06. The lowest BCUT2D eigenvalue weighted by molar-refractivity contribution is -0.124. The molecule has 0 spiro atoms. The van der Waals surface area contributed by atoms with E-state index >= 15 is 0 Å². The number of aliphatic hydroxyl groups excluding tert-OH is 1. The molecule has 0 saturated carbocycles. The molecule has 2 atom stereocenters. The van der Waals surface area contributed by atoms with Gasteiger partial charge in [-0.2, -0.15) is 5.26 Å². The number of nitrogens with zero attached hydrogens (tertiary/aromatic N) is 4. The summed E-state index contributed by atoms with van der Waals surface area (Å²) < 4.78 is 0. The van der Waals surface area contributed by atoms with Crippen LogP contribution in [0.25, 0.3) is 4.85 Å². The summed E-state index contributed by atoms with van der Waals surface area (Å²) in [6.45, 7) is 10.3. The van der Waals surface area contributed by atoms with Gasteiger partial charge in [-0.15, -0.1) is 0 Å². The molecule has 0 bridgehead atoms. The number of primary amides is 1. The Kier molecular flexibility index (Phi) is 9.25. The molecular weight excluding hydrogens is 478 g/mol. The Balaban J connectivity index is 1.94. The van der Waals surface area contributed by atoms with Gasteiger partial charge in [-0.3, -0.25) is 9.59 Å². The molecule has 1 unspecified atom stereocenters. The van der Waals surface area contributed by atoms with E-state index in [0.29, 0.717) is 60.0 Å². The van der Waals surface area contributed by atoms with E-state index < -0.39 is 29.7 Å². The first-order chi connectivity index (χ1) is 17.3. The number of pyridine rings is 1. The molecule has 188 valence electrons. The molecule has 1 fully saturated rings. The highest BCUT2D eigenvalue weighted by atomic mass is 32.2. The predicted molar refractivity (Wildman–Crippen MR) is 137 cm³/mol. The zero-order chi connectivity index (χ0) is 26.2. The van der Waals surface area contributed by atoms with Gasteiger partial charge in [0.15, 0.2) is 0 Å². The third kappa shape index (κ3) is 5.94. The van der Waals surface area contributed by atoms with Crippen LogP contribution in [0, 0.1) is 17.9 Å². The van der Waals surface area contributed by atoms with Gasteiger partial charge >= 0.3 is 0 Å². The van der Waals surface area contributed by atoms with Crippen LogP contribution >= 0.6 is 11.8 Å². The van der Waals surface area contributed by atoms with E-state index in [2.05, 4.69) is 16.2 Å². The third-order valence-corrected chi connectivity index (χ3v) is 7.32. The van der Waals surface area contributed by atoms with Crippen molar-refractivity contribution in [1.82, 2.24) is 10.3 Å². The second-order valence-electron chi connectivity index (χ2n) is 8.39. The van der Waals surface area contributed by atoms with Crippen LogP contribution in [0.2, 0.25) is 0 Å². The maximum atomic E-state index is 12.3. The number of nitriles is 1. The molecule has 1 aromatic carbocycles. The Labute approximate surface area is 214 Å². The van der Waals surface area contributed by atoms with Gasteiger partial charge in [0.2, 0.25) is 17.5 Å². The van der Waals surface area contributed by atoms with Crippen molar-refractivity contribution in [2.45, 2.75) is 48.5 Å². The first kappa shape index (κ1) is 27.0. The van der Waals surface area contributed by atoms with E-state index in [9.17, 15) is 14.9 Å². The number of thioether (sulfide) groups is 1. The van der Waals surface area contributed by atoms with Crippen molar-refractivity contribution in [1.29, 1.82) is 5.26 Å². The quantitative estimate of drug-likeness (QED) is 0.295. The summed E-state index contributed by atoms with van der Waals surface area (Å²) in [4.78, 5) is 34.8. The number of hydrogen-bond donors (Lipinski definition) is 4. The minimum absolute atomic E-state index is 0.113. The molecular formula is C25H29N7O3S. The number of carbonyl (C=O) groups excluding carboxylic acids is 2. The monoisotopic (exact) mass is 507 g/mol. The van der Waals surface area contributed by atoms with Crippen molar-refractivity contribution < 1.29 is 14.7 Å². The lowest BCUT2D eigenvalue weighted by Crippen LogP contribution is -2.50. The van der Waals surface area contributed by atoms with E-state index in [4.69, 9.17) is 28.1 Å². The maximum absolute atomic E-state index is 12.3. The Morgan fingerprint density at radius 3 is 2.56 bits per heavy atom. The summed E-state index contributed by atoms with van der Waals surface area (Å²) in [5, 5.41) is 21.5. The average molecular weight is 508 g/mol. The zero-order valence-corrected chi connectivity index (χ0v) is 20.8. The van der Waals surface area contributed by atoms with Crippen LogP contribution in [-0.4, -0.2) is 53.7 Å². The molecule has 0 aliphatic carbocycles. The van der Waals surface area contributed by atoms with Crippen LogP contribution in [0.4, 0.5) is 11.5 Å². The highest BCUT2D eigenvalue weighted by Gasteiger charge is 2.29. The first-order valence-corrected chi connectivity index (χ1v) is 12.5. The first-order valence-electron chi connectivity index (χ1n) is 11.6. The van der Waals surface area contributed by atoms with Crippen LogP contribution in [0.15, 0.2) is 35.4 Å². The van der Waals surface area contributed by atoms with Crippen molar-refractivity contribution in [3.05, 3.63) is 58.4 Å². The second kappa shape index (κ2) is 12.4. The van der Waals surface area contributed by atoms with E-state index in [-0.39, 0.29) is 11.6 Å².